The number of aryl methyl sites for hydroxylation is 7. The second-order valence-electron chi connectivity index (χ2n) is 30.2. The third kappa shape index (κ3) is 21.0. The zero-order chi connectivity index (χ0) is 84.0. The number of halogens is 4. The highest BCUT2D eigenvalue weighted by molar-refractivity contribution is 6.40. The average Bonchev–Trinajstić information content (AvgIpc) is 0.790. The second-order valence-corrected chi connectivity index (χ2v) is 31.8. The van der Waals surface area contributed by atoms with Crippen molar-refractivity contribution in [3.8, 4) is 119 Å². The van der Waals surface area contributed by atoms with Crippen molar-refractivity contribution in [1.29, 1.82) is 0 Å². The monoisotopic (exact) mass is 1690 g/mol. The van der Waals surface area contributed by atoms with E-state index in [-0.39, 0.29) is 36.6 Å². The molecule has 11 N–H and O–H groups in total. The maximum absolute atomic E-state index is 6.35. The molecule has 0 aliphatic carbocycles. The number of hydrogen-bond acceptors (Lipinski definition) is 16. The van der Waals surface area contributed by atoms with Gasteiger partial charge in [-0.2, -0.15) is 0 Å². The summed E-state index contributed by atoms with van der Waals surface area (Å²) in [7, 11) is 6.94. The number of pyridine rings is 1. The molecule has 0 saturated carbocycles. The molecular weight excluding hydrogens is 1580 g/mol. The Balaban J connectivity index is 0.000000125. The minimum absolute atomic E-state index is 0.0601. The highest BCUT2D eigenvalue weighted by Crippen LogP contribution is 2.49. The van der Waals surface area contributed by atoms with Gasteiger partial charge in [-0.05, 0) is 184 Å². The van der Waals surface area contributed by atoms with Crippen LogP contribution in [0.5, 0.6) is 51.7 Å². The van der Waals surface area contributed by atoms with E-state index in [1.54, 1.807) is 27.5 Å². The molecule has 6 aliphatic heterocycles. The molecule has 18 rings (SSSR count). The number of hydrogen-bond donors (Lipinski definition) is 6. The van der Waals surface area contributed by atoms with Crippen LogP contribution in [0.15, 0.2) is 237 Å². The summed E-state index contributed by atoms with van der Waals surface area (Å²) in [6.07, 6.45) is 16.4. The molecular formula is C100H107Cl4N7O9. The minimum Gasteiger partial charge on any atom is -0.497 e. The largest absolute Gasteiger partial charge is 0.497 e. The molecule has 120 heavy (non-hydrogen) atoms. The lowest BCUT2D eigenvalue weighted by Crippen LogP contribution is -2.32. The molecule has 12 aromatic rings. The van der Waals surface area contributed by atoms with Gasteiger partial charge in [-0.3, -0.25) is 4.98 Å². The van der Waals surface area contributed by atoms with Gasteiger partial charge in [-0.25, -0.2) is 0 Å². The van der Waals surface area contributed by atoms with Crippen molar-refractivity contribution in [3.63, 3.8) is 0 Å². The molecule has 0 saturated heterocycles. The summed E-state index contributed by atoms with van der Waals surface area (Å²) < 4.78 is 52.8. The van der Waals surface area contributed by atoms with Crippen molar-refractivity contribution in [2.75, 3.05) is 67.6 Å². The summed E-state index contributed by atoms with van der Waals surface area (Å²) in [6.45, 7) is 5.74. The quantitative estimate of drug-likeness (QED) is 0.0527. The number of ether oxygens (including phenoxy) is 9. The standard InChI is InChI=1S/C18H21NO3.C17H17Cl2NO.C17H19NO2.C17H19NO.C16H15Cl2NO.C15H16N2O/c1-20-13-8-9-15(17(10-13)21-2)16-5-3-4-12-6-7-14(11-19)22-18(12)16;1-20-10-12-9-8-11-4-2-5-13(17(11)21-12)16-14(18)6-3-7-15(16)19;1-19-16-8-3-2-6-14(16)15-7-4-5-12-9-10-13(11-18)20-17(12)15;1-12-5-2-3-7-15(12)16-8-4-6-13-9-10-14(11-18)19-17(13)16;17-13-5-2-6-14(18)15(13)12-4-1-3-10-7-8-11(9-19)20-16(10)12;16-9-13-7-6-11-3-1-5-14(15(11)18-13)12-4-2-8-17-10-12/h3-5,8-10,14H,6-7,11,19H2,1-2H3;2-7,12,20H,8-10H2,1H3;2-8,13H,9-11,18H2,1H3;2-8,14H,9-11,18H2,1H3;1-6,11H,7-9,19H2;1-5,8,10,13H,6-7,9,16H2/t14-;12-;13-;14-;11-;13-/m010010/s1. The Hall–Kier alpha value is -10.3. The van der Waals surface area contributed by atoms with Crippen molar-refractivity contribution in [2.45, 2.75) is 121 Å². The number of fused-ring (bicyclic) bond motifs is 6. The van der Waals surface area contributed by atoms with Crippen LogP contribution in [0.4, 0.5) is 0 Å². The Morgan fingerprint density at radius 1 is 0.333 bits per heavy atom. The van der Waals surface area contributed by atoms with E-state index in [1.807, 2.05) is 116 Å². The van der Waals surface area contributed by atoms with Gasteiger partial charge in [0.25, 0.3) is 0 Å². The van der Waals surface area contributed by atoms with Crippen molar-refractivity contribution in [1.82, 2.24) is 10.3 Å². The van der Waals surface area contributed by atoms with Gasteiger partial charge in [0.1, 0.15) is 88.4 Å². The number of aromatic nitrogens is 1. The van der Waals surface area contributed by atoms with Crippen LogP contribution in [0.25, 0.3) is 66.8 Å². The Labute approximate surface area is 725 Å². The van der Waals surface area contributed by atoms with E-state index in [9.17, 15) is 0 Å². The lowest BCUT2D eigenvalue weighted by atomic mass is 9.94. The number of nitrogens with one attached hydrogen (secondary N) is 1. The fourth-order valence-corrected chi connectivity index (χ4v) is 17.2. The molecule has 0 spiro atoms. The number of para-hydroxylation sites is 7. The van der Waals surface area contributed by atoms with Crippen molar-refractivity contribution < 1.29 is 42.6 Å². The van der Waals surface area contributed by atoms with Crippen molar-refractivity contribution in [2.24, 2.45) is 28.7 Å². The van der Waals surface area contributed by atoms with Crippen LogP contribution >= 0.6 is 46.4 Å². The Morgan fingerprint density at radius 3 is 1.03 bits per heavy atom. The molecule has 20 heteroatoms. The molecule has 1 aromatic heterocycles. The van der Waals surface area contributed by atoms with Gasteiger partial charge in [0.05, 0.1) is 41.4 Å². The first kappa shape index (κ1) is 87.5. The first-order valence-electron chi connectivity index (χ1n) is 41.3. The number of nitrogens with zero attached hydrogens (tertiary/aromatic N) is 1. The summed E-state index contributed by atoms with van der Waals surface area (Å²) in [5.41, 5.74) is 49.8. The van der Waals surface area contributed by atoms with Crippen LogP contribution < -0.4 is 76.6 Å². The van der Waals surface area contributed by atoms with Crippen molar-refractivity contribution in [3.05, 3.63) is 296 Å². The predicted octanol–water partition coefficient (Wildman–Crippen LogP) is 20.6. The molecule has 16 nitrogen and oxygen atoms in total. The number of likely N-dealkylation sites (N-methyl/N-ethyl adjacent to an activating group) is 1. The van der Waals surface area contributed by atoms with Crippen LogP contribution in [0.3, 0.4) is 0 Å². The molecule has 0 amide bonds. The third-order valence-corrected chi connectivity index (χ3v) is 23.7. The number of methoxy groups -OCH3 is 3. The second kappa shape index (κ2) is 42.8. The van der Waals surface area contributed by atoms with Crippen molar-refractivity contribution >= 4 is 46.4 Å². The number of benzene rings is 11. The predicted molar refractivity (Wildman–Crippen MR) is 489 cm³/mol. The zero-order valence-electron chi connectivity index (χ0n) is 68.7. The lowest BCUT2D eigenvalue weighted by Gasteiger charge is -2.28. The molecule has 6 aliphatic rings. The first-order chi connectivity index (χ1) is 58.7. The summed E-state index contributed by atoms with van der Waals surface area (Å²) in [5.74, 6) is 8.07. The van der Waals surface area contributed by atoms with E-state index < -0.39 is 0 Å². The number of rotatable bonds is 16. The first-order valence-corrected chi connectivity index (χ1v) is 42.8. The van der Waals surface area contributed by atoms with Crippen LogP contribution in [0.2, 0.25) is 20.1 Å². The Bertz CT molecular complexity index is 5390. The van der Waals surface area contributed by atoms with Gasteiger partial charge in [0.15, 0.2) is 0 Å². The third-order valence-electron chi connectivity index (χ3n) is 22.4. The smallest absolute Gasteiger partial charge is 0.130 e. The van der Waals surface area contributed by atoms with Gasteiger partial charge in [0, 0.05) is 119 Å². The van der Waals surface area contributed by atoms with Gasteiger partial charge in [-0.15, -0.1) is 0 Å². The highest BCUT2D eigenvalue weighted by atomic mass is 35.5. The molecule has 624 valence electrons. The minimum atomic E-state index is 0.0601. The summed E-state index contributed by atoms with van der Waals surface area (Å²) >= 11 is 25.3. The Morgan fingerprint density at radius 2 is 0.658 bits per heavy atom. The molecule has 0 unspecified atom stereocenters. The summed E-state index contributed by atoms with van der Waals surface area (Å²) in [5, 5.41) is 5.73. The van der Waals surface area contributed by atoms with E-state index in [0.717, 1.165) is 191 Å². The molecule has 0 radical (unpaired) electrons. The van der Waals surface area contributed by atoms with E-state index in [2.05, 4.69) is 139 Å². The maximum atomic E-state index is 6.35. The zero-order valence-corrected chi connectivity index (χ0v) is 71.8. The van der Waals surface area contributed by atoms with E-state index in [0.29, 0.717) is 52.8 Å². The fourth-order valence-electron chi connectivity index (χ4n) is 16.0. The van der Waals surface area contributed by atoms with Crippen LogP contribution in [-0.2, 0) is 38.5 Å². The van der Waals surface area contributed by atoms with Crippen LogP contribution in [0, 0.1) is 6.92 Å². The van der Waals surface area contributed by atoms with Gasteiger partial charge >= 0.3 is 0 Å². The van der Waals surface area contributed by atoms with Gasteiger partial charge in [-0.1, -0.05) is 216 Å². The van der Waals surface area contributed by atoms with E-state index in [4.69, 9.17) is 118 Å². The fraction of sp³-hybridized carbons (Fsp3) is 0.290. The average molecular weight is 1690 g/mol. The highest BCUT2D eigenvalue weighted by Gasteiger charge is 2.30. The summed E-state index contributed by atoms with van der Waals surface area (Å²) in [6, 6.07) is 74.8. The van der Waals surface area contributed by atoms with Crippen LogP contribution in [-0.4, -0.2) is 109 Å². The molecule has 0 fully saturated rings. The maximum Gasteiger partial charge on any atom is 0.130 e. The number of nitrogens with two attached hydrogens (primary N) is 5. The normalized spacial score (nSPS) is 17.3. The molecule has 0 bridgehead atoms. The van der Waals surface area contributed by atoms with Gasteiger partial charge < -0.3 is 76.6 Å². The summed E-state index contributed by atoms with van der Waals surface area (Å²) in [4.78, 5) is 4.17. The SMILES string of the molecule is CNC[C@H]1CCc2cccc(-c3c(Cl)cccc3Cl)c2O1.COc1ccc(-c2cccc3c2O[C@H](CN)CC3)c(OC)c1.COc1ccccc1-c1cccc2c1O[C@H](CN)CC2.Cc1ccccc1-c1cccc2c1O[C@H](CN)CC2.NC[C@@H]1CCc2cccc(-c3cccnc3)c2O1.NC[C@H]1CCc2cccc(-c3c(Cl)cccc3Cl)c2O1. The topological polar surface area (TPSA) is 238 Å². The van der Waals surface area contributed by atoms with E-state index in [1.165, 1.54) is 50.1 Å². The van der Waals surface area contributed by atoms with Gasteiger partial charge in [0.2, 0.25) is 0 Å². The Kier molecular flexibility index (Phi) is 31.2. The molecule has 7 heterocycles. The van der Waals surface area contributed by atoms with Crippen LogP contribution in [0.1, 0.15) is 77.5 Å². The lowest BCUT2D eigenvalue weighted by molar-refractivity contribution is 0.174. The molecule has 11 aromatic carbocycles. The molecule has 6 atom stereocenters. The van der Waals surface area contributed by atoms with E-state index >= 15 is 0 Å².